The monoisotopic (exact) mass is 268 g/mol. The first-order valence-electron chi connectivity index (χ1n) is 6.10. The lowest BCUT2D eigenvalue weighted by Crippen LogP contribution is -2.46. The van der Waals surface area contributed by atoms with E-state index in [9.17, 15) is 9.59 Å². The van der Waals surface area contributed by atoms with Crippen LogP contribution in [0.1, 0.15) is 49.3 Å². The van der Waals surface area contributed by atoms with E-state index >= 15 is 0 Å². The third-order valence-corrected chi connectivity index (χ3v) is 2.70. The number of aromatic nitrogens is 1. The molecule has 0 unspecified atom stereocenters. The number of hydrogen-bond acceptors (Lipinski definition) is 4. The zero-order valence-corrected chi connectivity index (χ0v) is 12.0. The average molecular weight is 268 g/mol. The molecule has 0 atom stereocenters. The topological polar surface area (TPSA) is 83.6 Å². The Balaban J connectivity index is 3.01. The summed E-state index contributed by atoms with van der Waals surface area (Å²) >= 11 is 0. The summed E-state index contributed by atoms with van der Waals surface area (Å²) in [7, 11) is 0. The van der Waals surface area contributed by atoms with Gasteiger partial charge in [0.25, 0.3) is 5.91 Å². The molecule has 0 aromatic carbocycles. The van der Waals surface area contributed by atoms with E-state index in [1.807, 2.05) is 20.8 Å². The van der Waals surface area contributed by atoms with Crippen molar-refractivity contribution in [3.63, 3.8) is 0 Å². The zero-order valence-electron chi connectivity index (χ0n) is 12.0. The molecule has 0 fully saturated rings. The molecular weight excluding hydrogens is 248 g/mol. The van der Waals surface area contributed by atoms with Gasteiger partial charge < -0.3 is 14.4 Å². The Hall–Kier alpha value is -1.85. The first kappa shape index (κ1) is 15.2. The van der Waals surface area contributed by atoms with Gasteiger partial charge in [-0.3, -0.25) is 9.59 Å². The number of aryl methyl sites for hydroxylation is 2. The molecule has 0 saturated heterocycles. The van der Waals surface area contributed by atoms with Crippen molar-refractivity contribution in [2.75, 3.05) is 6.54 Å². The van der Waals surface area contributed by atoms with Crippen molar-refractivity contribution in [3.8, 4) is 0 Å². The SMILES string of the molecule is Cc1nc(C)c(C(=O)N(CCC(=O)O)C(C)(C)C)o1. The lowest BCUT2D eigenvalue weighted by atomic mass is 10.0. The summed E-state index contributed by atoms with van der Waals surface area (Å²) in [4.78, 5) is 28.7. The van der Waals surface area contributed by atoms with Crippen LogP contribution in [0, 0.1) is 13.8 Å². The van der Waals surface area contributed by atoms with Crippen LogP contribution in [0.4, 0.5) is 0 Å². The Morgan fingerprint density at radius 3 is 2.26 bits per heavy atom. The molecule has 0 spiro atoms. The first-order valence-corrected chi connectivity index (χ1v) is 6.10. The number of carbonyl (C=O) groups is 2. The Morgan fingerprint density at radius 2 is 1.89 bits per heavy atom. The van der Waals surface area contributed by atoms with Gasteiger partial charge >= 0.3 is 5.97 Å². The van der Waals surface area contributed by atoms with Gasteiger partial charge in [-0.25, -0.2) is 4.98 Å². The van der Waals surface area contributed by atoms with Crippen LogP contribution in [-0.4, -0.2) is 39.0 Å². The van der Waals surface area contributed by atoms with Crippen LogP contribution < -0.4 is 0 Å². The predicted octanol–water partition coefficient (Wildman–Crippen LogP) is 2.01. The van der Waals surface area contributed by atoms with E-state index in [2.05, 4.69) is 4.98 Å². The molecule has 106 valence electrons. The van der Waals surface area contributed by atoms with Gasteiger partial charge in [-0.15, -0.1) is 0 Å². The lowest BCUT2D eigenvalue weighted by molar-refractivity contribution is -0.137. The van der Waals surface area contributed by atoms with Crippen molar-refractivity contribution in [1.82, 2.24) is 9.88 Å². The molecule has 1 rings (SSSR count). The van der Waals surface area contributed by atoms with Crippen molar-refractivity contribution in [3.05, 3.63) is 17.3 Å². The van der Waals surface area contributed by atoms with E-state index in [1.165, 1.54) is 4.90 Å². The molecule has 0 aliphatic rings. The third-order valence-electron chi connectivity index (χ3n) is 2.70. The molecule has 1 N–H and O–H groups in total. The highest BCUT2D eigenvalue weighted by Crippen LogP contribution is 2.20. The maximum absolute atomic E-state index is 12.4. The van der Waals surface area contributed by atoms with E-state index in [4.69, 9.17) is 9.52 Å². The van der Waals surface area contributed by atoms with E-state index in [0.717, 1.165) is 0 Å². The maximum Gasteiger partial charge on any atom is 0.305 e. The minimum atomic E-state index is -0.937. The summed E-state index contributed by atoms with van der Waals surface area (Å²) < 4.78 is 5.31. The van der Waals surface area contributed by atoms with E-state index in [-0.39, 0.29) is 24.6 Å². The van der Waals surface area contributed by atoms with Crippen LogP contribution in [0.15, 0.2) is 4.42 Å². The summed E-state index contributed by atoms with van der Waals surface area (Å²) in [6.45, 7) is 9.06. The number of rotatable bonds is 4. The van der Waals surface area contributed by atoms with Crippen LogP contribution in [0.5, 0.6) is 0 Å². The lowest BCUT2D eigenvalue weighted by Gasteiger charge is -2.34. The molecule has 0 bridgehead atoms. The fourth-order valence-electron chi connectivity index (χ4n) is 1.80. The standard InChI is InChI=1S/C13H20N2O4/c1-8-11(19-9(2)14-8)12(18)15(13(3,4)5)7-6-10(16)17/h6-7H2,1-5H3,(H,16,17). The summed E-state index contributed by atoms with van der Waals surface area (Å²) in [6.07, 6.45) is -0.102. The molecular formula is C13H20N2O4. The molecule has 6 nitrogen and oxygen atoms in total. The molecule has 1 aromatic rings. The molecule has 0 aliphatic heterocycles. The van der Waals surface area contributed by atoms with Crippen LogP contribution in [0.25, 0.3) is 0 Å². The third kappa shape index (κ3) is 3.81. The summed E-state index contributed by atoms with van der Waals surface area (Å²) in [6, 6.07) is 0. The quantitative estimate of drug-likeness (QED) is 0.903. The van der Waals surface area contributed by atoms with Crippen LogP contribution in [0.2, 0.25) is 0 Å². The van der Waals surface area contributed by atoms with Gasteiger partial charge in [-0.05, 0) is 27.7 Å². The van der Waals surface area contributed by atoms with Crippen molar-refractivity contribution in [2.24, 2.45) is 0 Å². The van der Waals surface area contributed by atoms with Gasteiger partial charge in [0.05, 0.1) is 12.1 Å². The number of amides is 1. The number of oxazole rings is 1. The highest BCUT2D eigenvalue weighted by molar-refractivity contribution is 5.93. The van der Waals surface area contributed by atoms with Crippen LogP contribution in [0.3, 0.4) is 0 Å². The molecule has 6 heteroatoms. The molecule has 1 aromatic heterocycles. The number of carboxylic acid groups (broad SMARTS) is 1. The molecule has 1 amide bonds. The summed E-state index contributed by atoms with van der Waals surface area (Å²) in [5.74, 6) is -0.662. The Morgan fingerprint density at radius 1 is 1.32 bits per heavy atom. The smallest absolute Gasteiger partial charge is 0.305 e. The number of aliphatic carboxylic acids is 1. The van der Waals surface area contributed by atoms with Crippen LogP contribution >= 0.6 is 0 Å². The van der Waals surface area contributed by atoms with E-state index in [1.54, 1.807) is 13.8 Å². The Kier molecular flexibility index (Phi) is 4.34. The highest BCUT2D eigenvalue weighted by Gasteiger charge is 2.31. The number of carbonyl (C=O) groups excluding carboxylic acids is 1. The average Bonchev–Trinajstić information content (AvgIpc) is 2.55. The number of carboxylic acids is 1. The highest BCUT2D eigenvalue weighted by atomic mass is 16.4. The van der Waals surface area contributed by atoms with E-state index in [0.29, 0.717) is 11.6 Å². The Labute approximate surface area is 112 Å². The molecule has 0 aliphatic carbocycles. The van der Waals surface area contributed by atoms with Crippen LogP contribution in [-0.2, 0) is 4.79 Å². The minimum absolute atomic E-state index is 0.102. The minimum Gasteiger partial charge on any atom is -0.481 e. The van der Waals surface area contributed by atoms with Gasteiger partial charge in [0.15, 0.2) is 5.89 Å². The van der Waals surface area contributed by atoms with Crippen molar-refractivity contribution < 1.29 is 19.1 Å². The van der Waals surface area contributed by atoms with E-state index < -0.39 is 11.5 Å². The van der Waals surface area contributed by atoms with Gasteiger partial charge in [0, 0.05) is 19.0 Å². The van der Waals surface area contributed by atoms with Crippen molar-refractivity contribution in [2.45, 2.75) is 46.6 Å². The second-order valence-electron chi connectivity index (χ2n) is 5.42. The predicted molar refractivity (Wildman–Crippen MR) is 69.0 cm³/mol. The fraction of sp³-hybridized carbons (Fsp3) is 0.615. The molecule has 0 radical (unpaired) electrons. The zero-order chi connectivity index (χ0) is 14.8. The second-order valence-corrected chi connectivity index (χ2v) is 5.42. The Bertz CT molecular complexity index is 485. The van der Waals surface area contributed by atoms with Gasteiger partial charge in [0.2, 0.25) is 5.76 Å². The molecule has 19 heavy (non-hydrogen) atoms. The van der Waals surface area contributed by atoms with Crippen molar-refractivity contribution >= 4 is 11.9 Å². The first-order chi connectivity index (χ1) is 8.62. The number of hydrogen-bond donors (Lipinski definition) is 1. The van der Waals surface area contributed by atoms with Crippen molar-refractivity contribution in [1.29, 1.82) is 0 Å². The summed E-state index contributed by atoms with van der Waals surface area (Å²) in [5.41, 5.74) is 0.0340. The fourth-order valence-corrected chi connectivity index (χ4v) is 1.80. The largest absolute Gasteiger partial charge is 0.481 e. The number of nitrogens with zero attached hydrogens (tertiary/aromatic N) is 2. The van der Waals surface area contributed by atoms with Gasteiger partial charge in [-0.1, -0.05) is 0 Å². The molecule has 0 saturated carbocycles. The van der Waals surface area contributed by atoms with Gasteiger partial charge in [0.1, 0.15) is 0 Å². The normalized spacial score (nSPS) is 11.4. The second kappa shape index (κ2) is 5.42. The molecule has 1 heterocycles. The summed E-state index contributed by atoms with van der Waals surface area (Å²) in [5, 5.41) is 8.77. The maximum atomic E-state index is 12.4. The van der Waals surface area contributed by atoms with Gasteiger partial charge in [-0.2, -0.15) is 0 Å².